The van der Waals surface area contributed by atoms with Crippen LogP contribution in [-0.4, -0.2) is 0 Å². The Morgan fingerprint density at radius 1 is 1.19 bits per heavy atom. The predicted octanol–water partition coefficient (Wildman–Crippen LogP) is 4.24. The minimum atomic E-state index is 0.555. The highest BCUT2D eigenvalue weighted by molar-refractivity contribution is 5.29. The molecule has 1 aromatic rings. The molecule has 0 unspecified atom stereocenters. The molecule has 1 rings (SSSR count). The zero-order valence-electron chi connectivity index (χ0n) is 9.99. The maximum absolute atomic E-state index is 5.54. The van der Waals surface area contributed by atoms with E-state index in [1.54, 1.807) is 0 Å². The summed E-state index contributed by atoms with van der Waals surface area (Å²) >= 11 is 0. The summed E-state index contributed by atoms with van der Waals surface area (Å²) in [6.45, 7) is 12.2. The van der Waals surface area contributed by atoms with Gasteiger partial charge in [0, 0.05) is 0 Å². The smallest absolute Gasteiger partial charge is 0.113 e. The van der Waals surface area contributed by atoms with Gasteiger partial charge >= 0.3 is 0 Å². The molecule has 0 aliphatic heterocycles. The van der Waals surface area contributed by atoms with Crippen molar-refractivity contribution >= 4 is 0 Å². The third-order valence-electron chi connectivity index (χ3n) is 2.32. The maximum Gasteiger partial charge on any atom is 0.113 e. The van der Waals surface area contributed by atoms with Gasteiger partial charge in [0.1, 0.15) is 12.4 Å². The second-order valence-corrected chi connectivity index (χ2v) is 3.85. The number of hydrogen-bond donors (Lipinski definition) is 0. The van der Waals surface area contributed by atoms with E-state index in [0.717, 1.165) is 16.7 Å². The second kappa shape index (κ2) is 5.96. The Labute approximate surface area is 97.8 Å². The van der Waals surface area contributed by atoms with Gasteiger partial charge in [0.15, 0.2) is 0 Å². The van der Waals surface area contributed by atoms with Gasteiger partial charge < -0.3 is 4.74 Å². The van der Waals surface area contributed by atoms with Crippen molar-refractivity contribution < 1.29 is 4.74 Å². The van der Waals surface area contributed by atoms with Gasteiger partial charge in [-0.05, 0) is 31.1 Å². The molecule has 1 nitrogen and oxygen atoms in total. The van der Waals surface area contributed by atoms with E-state index in [9.17, 15) is 0 Å². The fraction of sp³-hybridized carbons (Fsp3) is 0.200. The van der Waals surface area contributed by atoms with Crippen molar-refractivity contribution in [2.24, 2.45) is 0 Å². The molecular weight excluding hydrogens is 196 g/mol. The van der Waals surface area contributed by atoms with Gasteiger partial charge in [0.05, 0.1) is 0 Å². The molecule has 0 atom stereocenters. The molecule has 0 aliphatic rings. The van der Waals surface area contributed by atoms with Crippen LogP contribution in [-0.2, 0) is 11.3 Å². The molecule has 0 heterocycles. The van der Waals surface area contributed by atoms with Crippen LogP contribution in [0.25, 0.3) is 0 Å². The summed E-state index contributed by atoms with van der Waals surface area (Å²) in [5.74, 6) is 0.671. The first-order valence-electron chi connectivity index (χ1n) is 5.29. The van der Waals surface area contributed by atoms with E-state index in [2.05, 4.69) is 13.2 Å². The molecular formula is C15H18O. The lowest BCUT2D eigenvalue weighted by Crippen LogP contribution is -1.91. The average Bonchev–Trinajstić information content (AvgIpc) is 2.27. The van der Waals surface area contributed by atoms with Crippen LogP contribution in [0.5, 0.6) is 0 Å². The zero-order valence-corrected chi connectivity index (χ0v) is 9.99. The highest BCUT2D eigenvalue weighted by Gasteiger charge is 1.95. The van der Waals surface area contributed by atoms with Crippen LogP contribution in [0.2, 0.25) is 0 Å². The van der Waals surface area contributed by atoms with E-state index in [1.165, 1.54) is 0 Å². The van der Waals surface area contributed by atoms with Crippen LogP contribution in [0.4, 0.5) is 0 Å². The van der Waals surface area contributed by atoms with Gasteiger partial charge in [-0.25, -0.2) is 0 Å². The average molecular weight is 214 g/mol. The van der Waals surface area contributed by atoms with E-state index in [1.807, 2.05) is 50.3 Å². The zero-order chi connectivity index (χ0) is 12.0. The summed E-state index contributed by atoms with van der Waals surface area (Å²) < 4.78 is 5.54. The molecule has 0 saturated carbocycles. The van der Waals surface area contributed by atoms with Crippen LogP contribution in [0.15, 0.2) is 66.5 Å². The molecule has 0 radical (unpaired) electrons. The molecule has 0 bridgehead atoms. The summed E-state index contributed by atoms with van der Waals surface area (Å²) in [4.78, 5) is 0. The molecule has 0 N–H and O–H groups in total. The monoisotopic (exact) mass is 214 g/mol. The summed E-state index contributed by atoms with van der Waals surface area (Å²) in [5.41, 5.74) is 3.27. The van der Waals surface area contributed by atoms with Gasteiger partial charge in [0.2, 0.25) is 0 Å². The van der Waals surface area contributed by atoms with Crippen LogP contribution in [0.1, 0.15) is 19.4 Å². The molecule has 1 heteroatoms. The van der Waals surface area contributed by atoms with Crippen LogP contribution < -0.4 is 0 Å². The van der Waals surface area contributed by atoms with Crippen molar-refractivity contribution in [3.63, 3.8) is 0 Å². The molecule has 0 amide bonds. The van der Waals surface area contributed by atoms with Crippen LogP contribution in [0.3, 0.4) is 0 Å². The molecule has 16 heavy (non-hydrogen) atoms. The SMILES string of the molecule is C=C(/C=C(/C)C(=C)C)OCc1ccccc1. The van der Waals surface area contributed by atoms with Crippen molar-refractivity contribution in [3.05, 3.63) is 72.0 Å². The first-order valence-corrected chi connectivity index (χ1v) is 5.29. The summed E-state index contributed by atoms with van der Waals surface area (Å²) in [7, 11) is 0. The quantitative estimate of drug-likeness (QED) is 0.526. The Morgan fingerprint density at radius 3 is 2.38 bits per heavy atom. The van der Waals surface area contributed by atoms with Gasteiger partial charge in [0.25, 0.3) is 0 Å². The maximum atomic E-state index is 5.54. The number of allylic oxidation sites excluding steroid dienone is 3. The fourth-order valence-corrected chi connectivity index (χ4v) is 1.16. The second-order valence-electron chi connectivity index (χ2n) is 3.85. The van der Waals surface area contributed by atoms with Crippen molar-refractivity contribution in [1.82, 2.24) is 0 Å². The molecule has 0 aromatic heterocycles. The third kappa shape index (κ3) is 4.18. The molecule has 0 fully saturated rings. The minimum Gasteiger partial charge on any atom is -0.490 e. The Kier molecular flexibility index (Phi) is 4.59. The topological polar surface area (TPSA) is 9.23 Å². The van der Waals surface area contributed by atoms with Crippen molar-refractivity contribution in [1.29, 1.82) is 0 Å². The van der Waals surface area contributed by atoms with Crippen LogP contribution in [0, 0.1) is 0 Å². The molecule has 84 valence electrons. The van der Waals surface area contributed by atoms with E-state index in [-0.39, 0.29) is 0 Å². The largest absolute Gasteiger partial charge is 0.490 e. The standard InChI is InChI=1S/C15H18O/c1-12(2)13(3)10-14(4)16-11-15-8-6-5-7-9-15/h5-10H,1,4,11H2,2-3H3/b13-10-. The highest BCUT2D eigenvalue weighted by Crippen LogP contribution is 2.11. The Morgan fingerprint density at radius 2 is 1.81 bits per heavy atom. The number of rotatable bonds is 5. The number of benzene rings is 1. The normalized spacial score (nSPS) is 11.0. The van der Waals surface area contributed by atoms with E-state index in [4.69, 9.17) is 4.74 Å². The first kappa shape index (κ1) is 12.3. The first-order chi connectivity index (χ1) is 7.59. The lowest BCUT2D eigenvalue weighted by atomic mass is 10.1. The third-order valence-corrected chi connectivity index (χ3v) is 2.32. The summed E-state index contributed by atoms with van der Waals surface area (Å²) in [6.07, 6.45) is 1.91. The molecule has 0 saturated heterocycles. The van der Waals surface area contributed by atoms with Crippen molar-refractivity contribution in [3.8, 4) is 0 Å². The molecule has 0 spiro atoms. The van der Waals surface area contributed by atoms with E-state index >= 15 is 0 Å². The summed E-state index contributed by atoms with van der Waals surface area (Å²) in [6, 6.07) is 10.0. The van der Waals surface area contributed by atoms with Gasteiger partial charge in [-0.15, -0.1) is 0 Å². The fourth-order valence-electron chi connectivity index (χ4n) is 1.16. The Hall–Kier alpha value is -1.76. The number of hydrogen-bond acceptors (Lipinski definition) is 1. The predicted molar refractivity (Wildman–Crippen MR) is 68.9 cm³/mol. The van der Waals surface area contributed by atoms with Gasteiger partial charge in [-0.3, -0.25) is 0 Å². The Balaban J connectivity index is 2.48. The lowest BCUT2D eigenvalue weighted by molar-refractivity contribution is 0.212. The van der Waals surface area contributed by atoms with E-state index in [0.29, 0.717) is 12.4 Å². The molecule has 0 aliphatic carbocycles. The summed E-state index contributed by atoms with van der Waals surface area (Å²) in [5, 5.41) is 0. The van der Waals surface area contributed by atoms with Crippen molar-refractivity contribution in [2.45, 2.75) is 20.5 Å². The highest BCUT2D eigenvalue weighted by atomic mass is 16.5. The van der Waals surface area contributed by atoms with Crippen molar-refractivity contribution in [2.75, 3.05) is 0 Å². The minimum absolute atomic E-state index is 0.555. The van der Waals surface area contributed by atoms with E-state index < -0.39 is 0 Å². The number of ether oxygens (including phenoxy) is 1. The lowest BCUT2D eigenvalue weighted by Gasteiger charge is -2.07. The van der Waals surface area contributed by atoms with Gasteiger partial charge in [-0.1, -0.05) is 49.1 Å². The Bertz CT molecular complexity index is 399. The van der Waals surface area contributed by atoms with Gasteiger partial charge in [-0.2, -0.15) is 0 Å². The van der Waals surface area contributed by atoms with Crippen LogP contribution >= 0.6 is 0 Å². The molecule has 1 aromatic carbocycles.